The highest BCUT2D eigenvalue weighted by Crippen LogP contribution is 2.14. The maximum Gasteiger partial charge on any atom is 0.326 e. The summed E-state index contributed by atoms with van der Waals surface area (Å²) in [6, 6.07) is 0.621. The fourth-order valence-electron chi connectivity index (χ4n) is 1.66. The number of hydrogen-bond acceptors (Lipinski definition) is 2. The average molecular weight is 273 g/mol. The molecule has 1 aromatic heterocycles. The summed E-state index contributed by atoms with van der Waals surface area (Å²) in [6.45, 7) is 5.95. The minimum Gasteiger partial charge on any atom is -0.480 e. The zero-order valence-electron chi connectivity index (χ0n) is 10.6. The Morgan fingerprint density at radius 3 is 2.56 bits per heavy atom. The Labute approximate surface area is 111 Å². The van der Waals surface area contributed by atoms with Crippen LogP contribution >= 0.6 is 11.6 Å². The van der Waals surface area contributed by atoms with Crippen molar-refractivity contribution in [2.24, 2.45) is 5.92 Å². The van der Waals surface area contributed by atoms with E-state index in [9.17, 15) is 9.59 Å². The second kappa shape index (κ2) is 5.91. The van der Waals surface area contributed by atoms with Crippen molar-refractivity contribution in [3.63, 3.8) is 0 Å². The highest BCUT2D eigenvalue weighted by Gasteiger charge is 2.25. The smallest absolute Gasteiger partial charge is 0.326 e. The van der Waals surface area contributed by atoms with Crippen LogP contribution in [0.25, 0.3) is 0 Å². The van der Waals surface area contributed by atoms with Gasteiger partial charge in [-0.3, -0.25) is 4.79 Å². The number of carboxylic acids is 1. The molecule has 1 unspecified atom stereocenters. The van der Waals surface area contributed by atoms with E-state index < -0.39 is 17.9 Å². The summed E-state index contributed by atoms with van der Waals surface area (Å²) in [5.74, 6) is -1.66. The van der Waals surface area contributed by atoms with Crippen LogP contribution in [0.1, 0.15) is 31.3 Å². The van der Waals surface area contributed by atoms with Crippen LogP contribution in [-0.2, 0) is 11.3 Å². The topological polar surface area (TPSA) is 71.3 Å². The molecule has 1 aromatic rings. The van der Waals surface area contributed by atoms with Gasteiger partial charge in [-0.2, -0.15) is 0 Å². The fourth-order valence-corrected chi connectivity index (χ4v) is 1.88. The second-order valence-corrected chi connectivity index (χ2v) is 4.80. The third kappa shape index (κ3) is 3.26. The molecule has 0 saturated carbocycles. The Kier molecular flexibility index (Phi) is 4.78. The first-order chi connectivity index (χ1) is 8.36. The standard InChI is InChI=1S/C12H17ClN2O3/c1-4-15-6-8(13)5-9(15)11(16)14-10(7(2)3)12(17)18/h5-7,10H,4H2,1-3H3,(H,14,16)(H,17,18). The summed E-state index contributed by atoms with van der Waals surface area (Å²) < 4.78 is 1.68. The maximum absolute atomic E-state index is 12.0. The third-order valence-corrected chi connectivity index (χ3v) is 2.86. The van der Waals surface area contributed by atoms with Crippen LogP contribution in [-0.4, -0.2) is 27.6 Å². The predicted octanol–water partition coefficient (Wildman–Crippen LogP) is 2.00. The second-order valence-electron chi connectivity index (χ2n) is 4.36. The number of carbonyl (C=O) groups is 2. The lowest BCUT2D eigenvalue weighted by Gasteiger charge is -2.18. The molecule has 18 heavy (non-hydrogen) atoms. The van der Waals surface area contributed by atoms with Crippen LogP contribution in [0.5, 0.6) is 0 Å². The number of aliphatic carboxylic acids is 1. The van der Waals surface area contributed by atoms with Gasteiger partial charge in [-0.05, 0) is 18.9 Å². The monoisotopic (exact) mass is 272 g/mol. The molecule has 0 saturated heterocycles. The summed E-state index contributed by atoms with van der Waals surface area (Å²) in [6.07, 6.45) is 1.64. The van der Waals surface area contributed by atoms with Crippen molar-refractivity contribution in [2.45, 2.75) is 33.4 Å². The molecule has 0 bridgehead atoms. The summed E-state index contributed by atoms with van der Waals surface area (Å²) >= 11 is 5.83. The van der Waals surface area contributed by atoms with E-state index in [1.165, 1.54) is 6.07 Å². The van der Waals surface area contributed by atoms with Gasteiger partial charge in [0.1, 0.15) is 11.7 Å². The molecule has 0 spiro atoms. The molecule has 0 radical (unpaired) electrons. The Bertz CT molecular complexity index is 454. The Balaban J connectivity index is 2.90. The molecule has 1 atom stereocenters. The van der Waals surface area contributed by atoms with Gasteiger partial charge in [-0.15, -0.1) is 0 Å². The SMILES string of the molecule is CCn1cc(Cl)cc1C(=O)NC(C(=O)O)C(C)C. The van der Waals surface area contributed by atoms with E-state index in [1.54, 1.807) is 24.6 Å². The lowest BCUT2D eigenvalue weighted by atomic mass is 10.0. The normalized spacial score (nSPS) is 12.5. The fraction of sp³-hybridized carbons (Fsp3) is 0.500. The van der Waals surface area contributed by atoms with Crippen LogP contribution in [0.3, 0.4) is 0 Å². The van der Waals surface area contributed by atoms with Gasteiger partial charge in [0.25, 0.3) is 5.91 Å². The predicted molar refractivity (Wildman–Crippen MR) is 68.8 cm³/mol. The number of hydrogen-bond donors (Lipinski definition) is 2. The lowest BCUT2D eigenvalue weighted by Crippen LogP contribution is -2.44. The van der Waals surface area contributed by atoms with Gasteiger partial charge < -0.3 is 15.0 Å². The minimum absolute atomic E-state index is 0.188. The molecule has 6 heteroatoms. The number of rotatable bonds is 5. The van der Waals surface area contributed by atoms with E-state index in [0.29, 0.717) is 17.3 Å². The van der Waals surface area contributed by atoms with E-state index >= 15 is 0 Å². The molecule has 1 amide bonds. The highest BCUT2D eigenvalue weighted by atomic mass is 35.5. The van der Waals surface area contributed by atoms with E-state index in [0.717, 1.165) is 0 Å². The molecule has 0 fully saturated rings. The van der Waals surface area contributed by atoms with Gasteiger partial charge in [-0.1, -0.05) is 25.4 Å². The summed E-state index contributed by atoms with van der Waals surface area (Å²) in [5.41, 5.74) is 0.370. The first-order valence-electron chi connectivity index (χ1n) is 5.76. The van der Waals surface area contributed by atoms with E-state index in [1.807, 2.05) is 6.92 Å². The molecular weight excluding hydrogens is 256 g/mol. The Morgan fingerprint density at radius 2 is 2.11 bits per heavy atom. The summed E-state index contributed by atoms with van der Waals surface area (Å²) in [7, 11) is 0. The van der Waals surface area contributed by atoms with E-state index in [2.05, 4.69) is 5.32 Å². The molecule has 0 aliphatic rings. The number of nitrogens with zero attached hydrogens (tertiary/aromatic N) is 1. The van der Waals surface area contributed by atoms with Gasteiger partial charge >= 0.3 is 5.97 Å². The van der Waals surface area contributed by atoms with Crippen molar-refractivity contribution in [2.75, 3.05) is 0 Å². The number of aromatic nitrogens is 1. The number of aryl methyl sites for hydroxylation is 1. The van der Waals surface area contributed by atoms with Gasteiger partial charge in [0.15, 0.2) is 0 Å². The number of carbonyl (C=O) groups excluding carboxylic acids is 1. The molecule has 1 heterocycles. The van der Waals surface area contributed by atoms with Crippen molar-refractivity contribution >= 4 is 23.5 Å². The largest absolute Gasteiger partial charge is 0.480 e. The third-order valence-electron chi connectivity index (χ3n) is 2.66. The zero-order chi connectivity index (χ0) is 13.9. The molecule has 0 aromatic carbocycles. The van der Waals surface area contributed by atoms with Gasteiger partial charge in [0.2, 0.25) is 0 Å². The quantitative estimate of drug-likeness (QED) is 0.861. The summed E-state index contributed by atoms with van der Waals surface area (Å²) in [5, 5.41) is 12.0. The Morgan fingerprint density at radius 1 is 1.50 bits per heavy atom. The van der Waals surface area contributed by atoms with Crippen LogP contribution < -0.4 is 5.32 Å². The zero-order valence-corrected chi connectivity index (χ0v) is 11.4. The van der Waals surface area contributed by atoms with Crippen molar-refractivity contribution in [3.8, 4) is 0 Å². The van der Waals surface area contributed by atoms with Crippen molar-refractivity contribution in [3.05, 3.63) is 23.0 Å². The summed E-state index contributed by atoms with van der Waals surface area (Å²) in [4.78, 5) is 23.0. The first-order valence-corrected chi connectivity index (χ1v) is 6.14. The number of nitrogens with one attached hydrogen (secondary N) is 1. The molecule has 1 rings (SSSR count). The van der Waals surface area contributed by atoms with Crippen molar-refractivity contribution in [1.29, 1.82) is 0 Å². The molecule has 0 aliphatic carbocycles. The highest BCUT2D eigenvalue weighted by molar-refractivity contribution is 6.31. The number of amides is 1. The van der Waals surface area contributed by atoms with Gasteiger partial charge in [0.05, 0.1) is 5.02 Å². The first kappa shape index (κ1) is 14.6. The minimum atomic E-state index is -1.04. The average Bonchev–Trinajstić information content (AvgIpc) is 2.66. The molecule has 100 valence electrons. The van der Waals surface area contributed by atoms with Crippen molar-refractivity contribution < 1.29 is 14.7 Å². The molecular formula is C12H17ClN2O3. The van der Waals surface area contributed by atoms with Crippen LogP contribution in [0.2, 0.25) is 5.02 Å². The Hall–Kier alpha value is -1.49. The maximum atomic E-state index is 12.0. The van der Waals surface area contributed by atoms with Crippen LogP contribution in [0, 0.1) is 5.92 Å². The van der Waals surface area contributed by atoms with Crippen LogP contribution in [0.15, 0.2) is 12.3 Å². The lowest BCUT2D eigenvalue weighted by molar-refractivity contribution is -0.140. The molecule has 5 nitrogen and oxygen atoms in total. The van der Waals surface area contributed by atoms with E-state index in [-0.39, 0.29) is 5.92 Å². The number of halogens is 1. The van der Waals surface area contributed by atoms with Gasteiger partial charge in [0, 0.05) is 12.7 Å². The number of carboxylic acid groups (broad SMARTS) is 1. The van der Waals surface area contributed by atoms with Crippen molar-refractivity contribution in [1.82, 2.24) is 9.88 Å². The molecule has 2 N–H and O–H groups in total. The van der Waals surface area contributed by atoms with E-state index in [4.69, 9.17) is 16.7 Å². The molecule has 0 aliphatic heterocycles. The van der Waals surface area contributed by atoms with Crippen LogP contribution in [0.4, 0.5) is 0 Å². The van der Waals surface area contributed by atoms with Gasteiger partial charge in [-0.25, -0.2) is 4.79 Å².